The first-order valence-electron chi connectivity index (χ1n) is 5.16. The average molecular weight is 246 g/mol. The van der Waals surface area contributed by atoms with Crippen molar-refractivity contribution in [3.05, 3.63) is 35.4 Å². The summed E-state index contributed by atoms with van der Waals surface area (Å²) in [7, 11) is 0. The van der Waals surface area contributed by atoms with Gasteiger partial charge in [0.15, 0.2) is 0 Å². The van der Waals surface area contributed by atoms with E-state index in [-0.39, 0.29) is 0 Å². The van der Waals surface area contributed by atoms with Crippen molar-refractivity contribution in [2.24, 2.45) is 0 Å². The number of benzene rings is 1. The van der Waals surface area contributed by atoms with Crippen LogP contribution >= 0.6 is 23.2 Å². The minimum atomic E-state index is 0.656. The van der Waals surface area contributed by atoms with Crippen molar-refractivity contribution < 1.29 is 0 Å². The van der Waals surface area contributed by atoms with Gasteiger partial charge >= 0.3 is 0 Å². The molecule has 1 nitrogen and oxygen atoms in total. The normalized spacial score (nSPS) is 10.9. The molecule has 0 N–H and O–H groups in total. The molecule has 0 radical (unpaired) electrons. The first kappa shape index (κ1) is 12.8. The first-order chi connectivity index (χ1) is 7.27. The Hall–Kier alpha value is -0.240. The van der Waals surface area contributed by atoms with Gasteiger partial charge in [-0.25, -0.2) is 0 Å². The predicted octanol–water partition coefficient (Wildman–Crippen LogP) is 3.27. The van der Waals surface area contributed by atoms with Crippen molar-refractivity contribution in [2.75, 3.05) is 24.8 Å². The van der Waals surface area contributed by atoms with Gasteiger partial charge in [-0.3, -0.25) is 4.90 Å². The Balaban J connectivity index is 2.60. The van der Waals surface area contributed by atoms with Crippen LogP contribution in [0, 0.1) is 6.92 Å². The van der Waals surface area contributed by atoms with Crippen LogP contribution in [-0.2, 0) is 6.54 Å². The molecular weight excluding hydrogens is 229 g/mol. The molecule has 1 aromatic rings. The van der Waals surface area contributed by atoms with Gasteiger partial charge in [0.1, 0.15) is 0 Å². The van der Waals surface area contributed by atoms with E-state index >= 15 is 0 Å². The molecule has 1 rings (SSSR count). The lowest BCUT2D eigenvalue weighted by Gasteiger charge is -2.20. The van der Waals surface area contributed by atoms with Crippen molar-refractivity contribution in [1.29, 1.82) is 0 Å². The fourth-order valence-electron chi connectivity index (χ4n) is 1.54. The largest absolute Gasteiger partial charge is 0.297 e. The molecule has 0 amide bonds. The molecule has 0 bridgehead atoms. The highest BCUT2D eigenvalue weighted by atomic mass is 35.5. The van der Waals surface area contributed by atoms with Crippen LogP contribution in [0.4, 0.5) is 0 Å². The Kier molecular flexibility index (Phi) is 6.07. The number of rotatable bonds is 6. The number of aryl methyl sites for hydroxylation is 1. The van der Waals surface area contributed by atoms with E-state index in [4.69, 9.17) is 23.2 Å². The fraction of sp³-hybridized carbons (Fsp3) is 0.500. The Morgan fingerprint density at radius 1 is 1.07 bits per heavy atom. The van der Waals surface area contributed by atoms with Gasteiger partial charge in [0.05, 0.1) is 0 Å². The maximum Gasteiger partial charge on any atom is 0.0351 e. The standard InChI is InChI=1S/C12H17Cl2N/c1-11-4-2-3-5-12(11)10-15(8-6-13)9-7-14/h2-5H,6-10H2,1H3. The van der Waals surface area contributed by atoms with E-state index in [1.54, 1.807) is 0 Å². The zero-order chi connectivity index (χ0) is 11.1. The molecule has 0 fully saturated rings. The third-order valence-corrected chi connectivity index (χ3v) is 2.79. The predicted molar refractivity (Wildman–Crippen MR) is 67.9 cm³/mol. The summed E-state index contributed by atoms with van der Waals surface area (Å²) < 4.78 is 0. The molecule has 0 unspecified atom stereocenters. The summed E-state index contributed by atoms with van der Waals surface area (Å²) in [6.45, 7) is 4.85. The van der Waals surface area contributed by atoms with Crippen LogP contribution in [0.2, 0.25) is 0 Å². The Morgan fingerprint density at radius 2 is 1.67 bits per heavy atom. The summed E-state index contributed by atoms with van der Waals surface area (Å²) in [5.41, 5.74) is 2.68. The Bertz CT molecular complexity index is 283. The number of hydrogen-bond donors (Lipinski definition) is 0. The molecule has 0 aliphatic heterocycles. The second-order valence-corrected chi connectivity index (χ2v) is 4.34. The van der Waals surface area contributed by atoms with Crippen LogP contribution < -0.4 is 0 Å². The molecule has 0 saturated heterocycles. The molecule has 15 heavy (non-hydrogen) atoms. The summed E-state index contributed by atoms with van der Waals surface area (Å²) >= 11 is 11.5. The molecular formula is C12H17Cl2N. The minimum absolute atomic E-state index is 0.656. The highest BCUT2D eigenvalue weighted by molar-refractivity contribution is 6.18. The van der Waals surface area contributed by atoms with Crippen LogP contribution in [0.3, 0.4) is 0 Å². The molecule has 0 saturated carbocycles. The Labute approximate surface area is 102 Å². The van der Waals surface area contributed by atoms with Gasteiger partial charge in [-0.05, 0) is 18.1 Å². The maximum atomic E-state index is 5.75. The zero-order valence-electron chi connectivity index (χ0n) is 9.05. The molecule has 0 aliphatic carbocycles. The molecule has 0 spiro atoms. The first-order valence-corrected chi connectivity index (χ1v) is 6.23. The van der Waals surface area contributed by atoms with Gasteiger partial charge in [0.25, 0.3) is 0 Å². The summed E-state index contributed by atoms with van der Waals surface area (Å²) in [6, 6.07) is 8.42. The summed E-state index contributed by atoms with van der Waals surface area (Å²) in [4.78, 5) is 2.28. The van der Waals surface area contributed by atoms with Crippen LogP contribution in [0.15, 0.2) is 24.3 Å². The second-order valence-electron chi connectivity index (χ2n) is 3.58. The number of hydrogen-bond acceptors (Lipinski definition) is 1. The lowest BCUT2D eigenvalue weighted by Crippen LogP contribution is -2.27. The second kappa shape index (κ2) is 7.10. The van der Waals surface area contributed by atoms with Gasteiger partial charge in [0.2, 0.25) is 0 Å². The maximum absolute atomic E-state index is 5.75. The third-order valence-electron chi connectivity index (χ3n) is 2.46. The lowest BCUT2D eigenvalue weighted by atomic mass is 10.1. The van der Waals surface area contributed by atoms with E-state index in [2.05, 4.69) is 36.1 Å². The highest BCUT2D eigenvalue weighted by Gasteiger charge is 2.05. The van der Waals surface area contributed by atoms with E-state index in [1.165, 1.54) is 11.1 Å². The highest BCUT2D eigenvalue weighted by Crippen LogP contribution is 2.10. The molecule has 0 aromatic heterocycles. The van der Waals surface area contributed by atoms with Gasteiger partial charge in [0, 0.05) is 31.4 Å². The SMILES string of the molecule is Cc1ccccc1CN(CCCl)CCCl. The summed E-state index contributed by atoms with van der Waals surface area (Å²) in [6.07, 6.45) is 0. The van der Waals surface area contributed by atoms with E-state index < -0.39 is 0 Å². The fourth-order valence-corrected chi connectivity index (χ4v) is 2.02. The molecule has 0 heterocycles. The van der Waals surface area contributed by atoms with Crippen molar-refractivity contribution in [3.8, 4) is 0 Å². The van der Waals surface area contributed by atoms with E-state index in [0.717, 1.165) is 19.6 Å². The molecule has 1 aromatic carbocycles. The van der Waals surface area contributed by atoms with Crippen LogP contribution in [-0.4, -0.2) is 29.7 Å². The smallest absolute Gasteiger partial charge is 0.0351 e. The van der Waals surface area contributed by atoms with Crippen molar-refractivity contribution in [3.63, 3.8) is 0 Å². The van der Waals surface area contributed by atoms with Gasteiger partial charge < -0.3 is 0 Å². The molecule has 84 valence electrons. The number of halogens is 2. The van der Waals surface area contributed by atoms with Crippen LogP contribution in [0.25, 0.3) is 0 Å². The van der Waals surface area contributed by atoms with Gasteiger partial charge in [-0.1, -0.05) is 24.3 Å². The summed E-state index contributed by atoms with van der Waals surface area (Å²) in [5, 5.41) is 0. The zero-order valence-corrected chi connectivity index (χ0v) is 10.6. The van der Waals surface area contributed by atoms with Crippen molar-refractivity contribution >= 4 is 23.2 Å². The molecule has 0 atom stereocenters. The summed E-state index contributed by atoms with van der Waals surface area (Å²) in [5.74, 6) is 1.31. The Morgan fingerprint density at radius 3 is 2.20 bits per heavy atom. The van der Waals surface area contributed by atoms with Crippen LogP contribution in [0.5, 0.6) is 0 Å². The lowest BCUT2D eigenvalue weighted by molar-refractivity contribution is 0.299. The van der Waals surface area contributed by atoms with Crippen molar-refractivity contribution in [2.45, 2.75) is 13.5 Å². The van der Waals surface area contributed by atoms with E-state index in [1.807, 2.05) is 0 Å². The van der Waals surface area contributed by atoms with Gasteiger partial charge in [-0.2, -0.15) is 0 Å². The third kappa shape index (κ3) is 4.42. The van der Waals surface area contributed by atoms with Crippen LogP contribution in [0.1, 0.15) is 11.1 Å². The van der Waals surface area contributed by atoms with E-state index in [0.29, 0.717) is 11.8 Å². The van der Waals surface area contributed by atoms with Gasteiger partial charge in [-0.15, -0.1) is 23.2 Å². The topological polar surface area (TPSA) is 3.24 Å². The molecule has 3 heteroatoms. The monoisotopic (exact) mass is 245 g/mol. The van der Waals surface area contributed by atoms with Crippen molar-refractivity contribution in [1.82, 2.24) is 4.90 Å². The quantitative estimate of drug-likeness (QED) is 0.696. The average Bonchev–Trinajstić information content (AvgIpc) is 2.22. The number of nitrogens with zero attached hydrogens (tertiary/aromatic N) is 1. The number of alkyl halides is 2. The van der Waals surface area contributed by atoms with E-state index in [9.17, 15) is 0 Å². The molecule has 0 aliphatic rings. The minimum Gasteiger partial charge on any atom is -0.297 e.